The quantitative estimate of drug-likeness (QED) is 0.0722. The van der Waals surface area contributed by atoms with Crippen LogP contribution in [-0.4, -0.2) is 54.0 Å². The first-order valence-corrected chi connectivity index (χ1v) is 17.3. The summed E-state index contributed by atoms with van der Waals surface area (Å²) in [6, 6.07) is 31.4. The molecule has 0 unspecified atom stereocenters. The Balaban J connectivity index is 1.59. The van der Waals surface area contributed by atoms with Gasteiger partial charge >= 0.3 is 5.97 Å². The maximum Gasteiger partial charge on any atom is 0.328 e. The number of sulfonamides is 1. The van der Waals surface area contributed by atoms with Gasteiger partial charge in [0.15, 0.2) is 0 Å². The van der Waals surface area contributed by atoms with E-state index in [0.717, 1.165) is 41.0 Å². The van der Waals surface area contributed by atoms with Crippen molar-refractivity contribution in [2.75, 3.05) is 7.11 Å². The smallest absolute Gasteiger partial charge is 0.328 e. The first-order chi connectivity index (χ1) is 24.0. The van der Waals surface area contributed by atoms with Crippen LogP contribution in [0.1, 0.15) is 36.2 Å². The number of benzene rings is 4. The van der Waals surface area contributed by atoms with Gasteiger partial charge in [-0.05, 0) is 34.7 Å². The number of rotatable bonds is 14. The maximum absolute atomic E-state index is 13.8. The van der Waals surface area contributed by atoms with E-state index in [2.05, 4.69) is 15.0 Å². The fourth-order valence-electron chi connectivity index (χ4n) is 5.92. The first-order valence-electron chi connectivity index (χ1n) is 15.8. The Morgan fingerprint density at radius 2 is 1.36 bits per heavy atom. The molecule has 50 heavy (non-hydrogen) atoms. The summed E-state index contributed by atoms with van der Waals surface area (Å²) in [4.78, 5) is 41.3. The van der Waals surface area contributed by atoms with Crippen molar-refractivity contribution in [2.24, 2.45) is 5.92 Å². The molecular weight excluding hydrogens is 659 g/mol. The Morgan fingerprint density at radius 3 is 1.80 bits per heavy atom. The number of carbonyl (C=O) groups is 2. The number of non-ortho nitro benzene ring substituents is 1. The molecule has 2 atom stereocenters. The van der Waals surface area contributed by atoms with Crippen LogP contribution in [-0.2, 0) is 36.3 Å². The fraction of sp³-hybridized carbons (Fsp3) is 0.216. The zero-order chi connectivity index (χ0) is 35.9. The molecule has 13 heteroatoms. The summed E-state index contributed by atoms with van der Waals surface area (Å²) in [7, 11) is -3.19. The third-order valence-corrected chi connectivity index (χ3v) is 9.89. The number of hydrogen-bond donors (Lipinski definition) is 2. The normalized spacial score (nSPS) is 13.0. The standard InChI is InChI=1S/C37H37N5O7S/c1-26(2)34(36(44)49-3)39-35(43)33(40-50(47,48)32-21-19-31(20-22-32)42(45)46)23-30-24-41(25-38-30)37(27-13-7-4-8-14-27,28-15-9-5-10-16-28)29-17-11-6-12-18-29/h4-22,24-26,33-34,40H,23H2,1-3H3,(H,39,43)/t33-,34-/m0/s1. The lowest BCUT2D eigenvalue weighted by Crippen LogP contribution is -2.54. The number of imidazole rings is 1. The van der Waals surface area contributed by atoms with Crippen LogP contribution in [0.2, 0.25) is 0 Å². The minimum Gasteiger partial charge on any atom is -0.467 e. The van der Waals surface area contributed by atoms with Crippen molar-refractivity contribution in [2.45, 2.75) is 42.8 Å². The topological polar surface area (TPSA) is 163 Å². The van der Waals surface area contributed by atoms with Gasteiger partial charge in [0.25, 0.3) is 5.69 Å². The van der Waals surface area contributed by atoms with Crippen molar-refractivity contribution in [3.8, 4) is 0 Å². The summed E-state index contributed by atoms with van der Waals surface area (Å²) < 4.78 is 36.4. The van der Waals surface area contributed by atoms with Crippen molar-refractivity contribution in [1.82, 2.24) is 19.6 Å². The Bertz CT molecular complexity index is 1940. The van der Waals surface area contributed by atoms with Crippen molar-refractivity contribution in [3.63, 3.8) is 0 Å². The summed E-state index contributed by atoms with van der Waals surface area (Å²) in [5.41, 5.74) is 1.99. The van der Waals surface area contributed by atoms with E-state index in [1.54, 1.807) is 26.4 Å². The zero-order valence-electron chi connectivity index (χ0n) is 27.7. The Morgan fingerprint density at radius 1 is 0.860 bits per heavy atom. The molecule has 12 nitrogen and oxygen atoms in total. The van der Waals surface area contributed by atoms with Crippen LogP contribution in [0.3, 0.4) is 0 Å². The SMILES string of the molecule is COC(=O)[C@@H](NC(=O)[C@H](Cc1cn(C(c2ccccc2)(c2ccccc2)c2ccccc2)cn1)NS(=O)(=O)c1ccc([N+](=O)[O-])cc1)C(C)C. The van der Waals surface area contributed by atoms with Gasteiger partial charge in [-0.3, -0.25) is 14.9 Å². The second-order valence-corrected chi connectivity index (χ2v) is 13.7. The monoisotopic (exact) mass is 695 g/mol. The predicted molar refractivity (Wildman–Crippen MR) is 187 cm³/mol. The average Bonchev–Trinajstić information content (AvgIpc) is 3.60. The van der Waals surface area contributed by atoms with E-state index in [9.17, 15) is 28.1 Å². The lowest BCUT2D eigenvalue weighted by Gasteiger charge is -2.37. The van der Waals surface area contributed by atoms with Gasteiger partial charge in [-0.15, -0.1) is 0 Å². The minimum atomic E-state index is -4.38. The molecule has 0 radical (unpaired) electrons. The number of nitrogens with zero attached hydrogens (tertiary/aromatic N) is 3. The number of amides is 1. The van der Waals surface area contributed by atoms with E-state index >= 15 is 0 Å². The second-order valence-electron chi connectivity index (χ2n) is 12.0. The van der Waals surface area contributed by atoms with E-state index in [4.69, 9.17) is 4.74 Å². The lowest BCUT2D eigenvalue weighted by molar-refractivity contribution is -0.384. The number of carbonyl (C=O) groups excluding carboxylic acids is 2. The van der Waals surface area contributed by atoms with E-state index < -0.39 is 44.4 Å². The molecular formula is C37H37N5O7S. The van der Waals surface area contributed by atoms with Gasteiger partial charge < -0.3 is 14.6 Å². The highest BCUT2D eigenvalue weighted by molar-refractivity contribution is 7.89. The van der Waals surface area contributed by atoms with E-state index in [1.165, 1.54) is 7.11 Å². The number of ether oxygens (including phenoxy) is 1. The molecule has 5 aromatic rings. The highest BCUT2D eigenvalue weighted by atomic mass is 32.2. The molecule has 0 saturated carbocycles. The largest absolute Gasteiger partial charge is 0.467 e. The molecule has 0 aliphatic carbocycles. The lowest BCUT2D eigenvalue weighted by atomic mass is 9.77. The van der Waals surface area contributed by atoms with Gasteiger partial charge in [0.05, 0.1) is 28.9 Å². The molecule has 1 heterocycles. The molecule has 1 amide bonds. The van der Waals surface area contributed by atoms with E-state index in [0.29, 0.717) is 5.69 Å². The van der Waals surface area contributed by atoms with Crippen molar-refractivity contribution in [1.29, 1.82) is 0 Å². The number of nitro benzene ring substituents is 1. The van der Waals surface area contributed by atoms with Gasteiger partial charge in [0.2, 0.25) is 15.9 Å². The molecule has 0 spiro atoms. The van der Waals surface area contributed by atoms with Crippen LogP contribution in [0.4, 0.5) is 5.69 Å². The Hall–Kier alpha value is -5.66. The zero-order valence-corrected chi connectivity index (χ0v) is 28.5. The van der Waals surface area contributed by atoms with E-state index in [-0.39, 0.29) is 22.9 Å². The molecule has 0 saturated heterocycles. The van der Waals surface area contributed by atoms with Crippen LogP contribution >= 0.6 is 0 Å². The Labute approximate surface area is 290 Å². The molecule has 4 aromatic carbocycles. The van der Waals surface area contributed by atoms with Gasteiger partial charge in [-0.2, -0.15) is 4.72 Å². The number of nitrogens with one attached hydrogen (secondary N) is 2. The summed E-state index contributed by atoms with van der Waals surface area (Å²) in [6.45, 7) is 3.44. The molecule has 0 bridgehead atoms. The molecule has 0 fully saturated rings. The van der Waals surface area contributed by atoms with Crippen LogP contribution in [0, 0.1) is 16.0 Å². The van der Waals surface area contributed by atoms with Crippen molar-refractivity contribution in [3.05, 3.63) is 160 Å². The van der Waals surface area contributed by atoms with Crippen molar-refractivity contribution >= 4 is 27.6 Å². The molecule has 1 aromatic heterocycles. The molecule has 5 rings (SSSR count). The Kier molecular flexibility index (Phi) is 10.9. The molecule has 0 aliphatic rings. The third-order valence-electron chi connectivity index (χ3n) is 8.40. The number of esters is 1. The number of methoxy groups -OCH3 is 1. The van der Waals surface area contributed by atoms with Crippen molar-refractivity contribution < 1.29 is 27.7 Å². The molecule has 0 aliphatic heterocycles. The fourth-order valence-corrected chi connectivity index (χ4v) is 7.11. The van der Waals surface area contributed by atoms with Crippen LogP contribution < -0.4 is 10.0 Å². The van der Waals surface area contributed by atoms with Gasteiger partial charge in [0, 0.05) is 24.8 Å². The summed E-state index contributed by atoms with van der Waals surface area (Å²) in [5, 5.41) is 13.8. The average molecular weight is 696 g/mol. The van der Waals surface area contributed by atoms with Gasteiger partial charge in [-0.1, -0.05) is 105 Å². The van der Waals surface area contributed by atoms with Gasteiger partial charge in [-0.25, -0.2) is 18.2 Å². The first kappa shape index (κ1) is 35.6. The van der Waals surface area contributed by atoms with E-state index in [1.807, 2.05) is 95.6 Å². The second kappa shape index (κ2) is 15.3. The molecule has 2 N–H and O–H groups in total. The number of nitro groups is 1. The van der Waals surface area contributed by atoms with Crippen LogP contribution in [0.5, 0.6) is 0 Å². The summed E-state index contributed by atoms with van der Waals surface area (Å²) in [6.07, 6.45) is 3.21. The van der Waals surface area contributed by atoms with Crippen LogP contribution in [0.25, 0.3) is 0 Å². The highest BCUT2D eigenvalue weighted by Crippen LogP contribution is 2.40. The summed E-state index contributed by atoms with van der Waals surface area (Å²) >= 11 is 0. The van der Waals surface area contributed by atoms with Gasteiger partial charge in [0.1, 0.15) is 17.6 Å². The number of aromatic nitrogens is 2. The number of hydrogen-bond acceptors (Lipinski definition) is 8. The maximum atomic E-state index is 13.8. The highest BCUT2D eigenvalue weighted by Gasteiger charge is 2.39. The summed E-state index contributed by atoms with van der Waals surface area (Å²) in [5.74, 6) is -1.84. The van der Waals surface area contributed by atoms with Crippen LogP contribution in [0.15, 0.2) is 133 Å². The predicted octanol–water partition coefficient (Wildman–Crippen LogP) is 4.83. The minimum absolute atomic E-state index is 0.203. The third kappa shape index (κ3) is 7.48. The molecule has 258 valence electrons.